The second-order valence-corrected chi connectivity index (χ2v) is 12.4. The molecule has 15 heteroatoms. The Morgan fingerprint density at radius 3 is 2.35 bits per heavy atom. The van der Waals surface area contributed by atoms with Crippen LogP contribution >= 0.6 is 34.8 Å². The number of carbonyl (C=O) groups excluding carboxylic acids is 1. The molecule has 3 N–H and O–H groups in total. The molecule has 0 saturated carbocycles. The zero-order chi connectivity index (χ0) is 34.3. The number of hydrogen-bond donors (Lipinski definition) is 3. The summed E-state index contributed by atoms with van der Waals surface area (Å²) >= 11 is 20.7. The molecule has 1 unspecified atom stereocenters. The van der Waals surface area contributed by atoms with Gasteiger partial charge in [-0.3, -0.25) is 14.2 Å². The van der Waals surface area contributed by atoms with E-state index in [-0.39, 0.29) is 47.3 Å². The van der Waals surface area contributed by atoms with Gasteiger partial charge in [-0.15, -0.1) is 0 Å². The number of aromatic nitrogens is 4. The van der Waals surface area contributed by atoms with E-state index in [0.717, 1.165) is 4.90 Å². The summed E-state index contributed by atoms with van der Waals surface area (Å²) in [4.78, 5) is 42.4. The molecule has 1 aliphatic rings. The van der Waals surface area contributed by atoms with Crippen molar-refractivity contribution in [1.82, 2.24) is 29.4 Å². The topological polar surface area (TPSA) is 151 Å². The Balaban J connectivity index is 1.35. The van der Waals surface area contributed by atoms with Crippen LogP contribution in [-0.4, -0.2) is 66.0 Å². The van der Waals surface area contributed by atoms with Crippen molar-refractivity contribution < 1.29 is 24.5 Å². The van der Waals surface area contributed by atoms with Gasteiger partial charge in [-0.1, -0.05) is 71.2 Å². The Morgan fingerprint density at radius 1 is 1.06 bits per heavy atom. The lowest BCUT2D eigenvalue weighted by atomic mass is 9.97. The SMILES string of the molecule is COc1nc(-c2cccc(-c3cccc(-c4cc5c(=O)n(C)c(CO)nn5c4)c3Cl)c2Cl)cc(Cl)c1CN(CC1CCC(=O)N1)C(=O)O. The number of methoxy groups -OCH3 is 1. The summed E-state index contributed by atoms with van der Waals surface area (Å²) < 4.78 is 8.28. The van der Waals surface area contributed by atoms with Crippen molar-refractivity contribution >= 4 is 52.3 Å². The smallest absolute Gasteiger partial charge is 0.407 e. The lowest BCUT2D eigenvalue weighted by molar-refractivity contribution is -0.119. The van der Waals surface area contributed by atoms with Crippen LogP contribution in [0.25, 0.3) is 39.0 Å². The number of halogens is 3. The molecule has 48 heavy (non-hydrogen) atoms. The fourth-order valence-electron chi connectivity index (χ4n) is 5.81. The summed E-state index contributed by atoms with van der Waals surface area (Å²) in [6.45, 7) is -0.408. The predicted octanol–water partition coefficient (Wildman–Crippen LogP) is 5.65. The first kappa shape index (κ1) is 33.3. The zero-order valence-corrected chi connectivity index (χ0v) is 28.0. The summed E-state index contributed by atoms with van der Waals surface area (Å²) in [6, 6.07) is 13.9. The highest BCUT2D eigenvalue weighted by atomic mass is 35.5. The molecule has 1 atom stereocenters. The number of ether oxygens (including phenoxy) is 1. The van der Waals surface area contributed by atoms with Gasteiger partial charge in [0, 0.05) is 60.1 Å². The second-order valence-electron chi connectivity index (χ2n) is 11.3. The highest BCUT2D eigenvalue weighted by Gasteiger charge is 2.27. The molecule has 6 rings (SSSR count). The monoisotopic (exact) mass is 710 g/mol. The molecule has 1 saturated heterocycles. The first-order valence-corrected chi connectivity index (χ1v) is 15.9. The fourth-order valence-corrected chi connectivity index (χ4v) is 6.72. The van der Waals surface area contributed by atoms with Crippen LogP contribution in [-0.2, 0) is 25.0 Å². The molecule has 2 amide bonds. The molecular formula is C33H29Cl3N6O6. The van der Waals surface area contributed by atoms with Gasteiger partial charge in [0.25, 0.3) is 5.56 Å². The molecule has 0 aliphatic carbocycles. The van der Waals surface area contributed by atoms with Crippen LogP contribution in [0, 0.1) is 0 Å². The van der Waals surface area contributed by atoms with Crippen LogP contribution in [0.3, 0.4) is 0 Å². The van der Waals surface area contributed by atoms with Gasteiger partial charge in [-0.05, 0) is 18.6 Å². The van der Waals surface area contributed by atoms with E-state index in [1.807, 2.05) is 24.3 Å². The number of nitrogens with one attached hydrogen (secondary N) is 1. The van der Waals surface area contributed by atoms with Crippen LogP contribution in [0.2, 0.25) is 15.1 Å². The maximum atomic E-state index is 12.9. The summed E-state index contributed by atoms with van der Waals surface area (Å²) in [5.41, 5.74) is 3.83. The van der Waals surface area contributed by atoms with Gasteiger partial charge in [0.05, 0.1) is 40.0 Å². The number of nitrogens with zero attached hydrogens (tertiary/aromatic N) is 5. The second kappa shape index (κ2) is 13.5. The number of rotatable bonds is 9. The maximum absolute atomic E-state index is 12.9. The third-order valence-corrected chi connectivity index (χ3v) is 9.47. The first-order chi connectivity index (χ1) is 23.0. The van der Waals surface area contributed by atoms with Crippen molar-refractivity contribution in [2.24, 2.45) is 7.05 Å². The van der Waals surface area contributed by atoms with Gasteiger partial charge < -0.3 is 25.2 Å². The van der Waals surface area contributed by atoms with Gasteiger partial charge in [0.1, 0.15) is 12.1 Å². The van der Waals surface area contributed by atoms with E-state index in [1.165, 1.54) is 16.2 Å². The molecule has 1 aliphatic heterocycles. The van der Waals surface area contributed by atoms with Gasteiger partial charge in [-0.2, -0.15) is 5.10 Å². The van der Waals surface area contributed by atoms with Gasteiger partial charge in [0.2, 0.25) is 11.8 Å². The minimum absolute atomic E-state index is 0.0896. The summed E-state index contributed by atoms with van der Waals surface area (Å²) in [6.07, 6.45) is 1.39. The number of aliphatic hydroxyl groups is 1. The van der Waals surface area contributed by atoms with E-state index in [4.69, 9.17) is 39.5 Å². The molecule has 0 spiro atoms. The first-order valence-electron chi connectivity index (χ1n) is 14.8. The van der Waals surface area contributed by atoms with Crippen molar-refractivity contribution in [3.8, 4) is 39.4 Å². The van der Waals surface area contributed by atoms with Crippen LogP contribution in [0.5, 0.6) is 5.88 Å². The maximum Gasteiger partial charge on any atom is 0.407 e. The summed E-state index contributed by atoms with van der Waals surface area (Å²) in [5.74, 6) is 0.236. The molecule has 5 aromatic rings. The van der Waals surface area contributed by atoms with E-state index in [1.54, 1.807) is 37.5 Å². The van der Waals surface area contributed by atoms with Crippen molar-refractivity contribution in [2.75, 3.05) is 13.7 Å². The van der Waals surface area contributed by atoms with Crippen LogP contribution in [0.1, 0.15) is 24.2 Å². The quantitative estimate of drug-likeness (QED) is 0.178. The molecule has 248 valence electrons. The number of hydrogen-bond acceptors (Lipinski definition) is 7. The molecule has 4 heterocycles. The molecule has 3 aromatic heterocycles. The van der Waals surface area contributed by atoms with Gasteiger partial charge >= 0.3 is 6.09 Å². The minimum Gasteiger partial charge on any atom is -0.481 e. The molecule has 12 nitrogen and oxygen atoms in total. The minimum atomic E-state index is -1.17. The molecule has 0 bridgehead atoms. The van der Waals surface area contributed by atoms with E-state index in [9.17, 15) is 24.6 Å². The molecule has 1 fully saturated rings. The Labute approximate surface area is 289 Å². The van der Waals surface area contributed by atoms with E-state index in [0.29, 0.717) is 67.5 Å². The van der Waals surface area contributed by atoms with Crippen LogP contribution in [0.4, 0.5) is 4.79 Å². The fraction of sp³-hybridized carbons (Fsp3) is 0.242. The van der Waals surface area contributed by atoms with Crippen molar-refractivity contribution in [3.05, 3.63) is 91.5 Å². The van der Waals surface area contributed by atoms with E-state index < -0.39 is 12.7 Å². The Kier molecular flexibility index (Phi) is 9.35. The number of carbonyl (C=O) groups is 2. The van der Waals surface area contributed by atoms with E-state index >= 15 is 0 Å². The highest BCUT2D eigenvalue weighted by molar-refractivity contribution is 6.39. The van der Waals surface area contributed by atoms with E-state index in [2.05, 4.69) is 15.4 Å². The largest absolute Gasteiger partial charge is 0.481 e. The molecule has 2 aromatic carbocycles. The molecule has 0 radical (unpaired) electrons. The number of fused-ring (bicyclic) bond motifs is 1. The number of amides is 2. The Morgan fingerprint density at radius 2 is 1.73 bits per heavy atom. The van der Waals surface area contributed by atoms with Gasteiger partial charge in [-0.25, -0.2) is 14.3 Å². The summed E-state index contributed by atoms with van der Waals surface area (Å²) in [5, 5.41) is 27.5. The van der Waals surface area contributed by atoms with Crippen LogP contribution < -0.4 is 15.6 Å². The predicted molar refractivity (Wildman–Crippen MR) is 182 cm³/mol. The van der Waals surface area contributed by atoms with Crippen molar-refractivity contribution in [2.45, 2.75) is 32.0 Å². The third kappa shape index (κ3) is 6.19. The molecular weight excluding hydrogens is 683 g/mol. The number of aliphatic hydroxyl groups excluding tert-OH is 1. The summed E-state index contributed by atoms with van der Waals surface area (Å²) in [7, 11) is 2.96. The number of benzene rings is 2. The standard InChI is InChI=1S/C33H29Cl3N6O6/c1-40-27(16-43)39-42-13-17(11-26(42)32(40)45)19-5-3-6-20(29(19)35)21-7-4-8-22(30(21)36)25-12-24(34)23(31(38-25)48-2)15-41(33(46)47)14-18-9-10-28(44)37-18/h3-8,11-13,18,43H,9-10,14-16H2,1-2H3,(H,37,44)(H,46,47). The lowest BCUT2D eigenvalue weighted by Gasteiger charge is -2.24. The number of carboxylic acid groups (broad SMARTS) is 1. The van der Waals surface area contributed by atoms with Crippen molar-refractivity contribution in [1.29, 1.82) is 0 Å². The number of pyridine rings is 1. The lowest BCUT2D eigenvalue weighted by Crippen LogP contribution is -2.41. The average molecular weight is 712 g/mol. The zero-order valence-electron chi connectivity index (χ0n) is 25.7. The van der Waals surface area contributed by atoms with Crippen molar-refractivity contribution in [3.63, 3.8) is 0 Å². The van der Waals surface area contributed by atoms with Crippen LogP contribution in [0.15, 0.2) is 59.5 Å². The average Bonchev–Trinajstić information content (AvgIpc) is 3.69. The third-order valence-electron chi connectivity index (χ3n) is 8.32. The Bertz CT molecular complexity index is 2150. The highest BCUT2D eigenvalue weighted by Crippen LogP contribution is 2.43. The Hall–Kier alpha value is -4.62. The van der Waals surface area contributed by atoms with Gasteiger partial charge in [0.15, 0.2) is 5.82 Å². The normalized spacial score (nSPS) is 14.4.